The van der Waals surface area contributed by atoms with Gasteiger partial charge >= 0.3 is 0 Å². The first-order valence-electron chi connectivity index (χ1n) is 8.51. The second-order valence-electron chi connectivity index (χ2n) is 6.52. The van der Waals surface area contributed by atoms with Gasteiger partial charge in [-0.1, -0.05) is 41.9 Å². The fourth-order valence-electron chi connectivity index (χ4n) is 2.90. The van der Waals surface area contributed by atoms with Crippen LogP contribution in [0.5, 0.6) is 0 Å². The van der Waals surface area contributed by atoms with Crippen molar-refractivity contribution in [3.8, 4) is 0 Å². The van der Waals surface area contributed by atoms with Crippen LogP contribution in [-0.2, 0) is 4.79 Å². The Balaban J connectivity index is 1.70. The smallest absolute Gasteiger partial charge is 0.271 e. The summed E-state index contributed by atoms with van der Waals surface area (Å²) in [5, 5.41) is 17.2. The molecule has 1 aliphatic rings. The first kappa shape index (κ1) is 18.4. The molecular formula is C19H20ClN3O3. The van der Waals surface area contributed by atoms with E-state index in [-0.39, 0.29) is 28.3 Å². The van der Waals surface area contributed by atoms with Crippen molar-refractivity contribution in [3.63, 3.8) is 0 Å². The molecule has 2 aromatic carbocycles. The maximum absolute atomic E-state index is 12.6. The summed E-state index contributed by atoms with van der Waals surface area (Å²) in [4.78, 5) is 22.9. The van der Waals surface area contributed by atoms with Crippen molar-refractivity contribution >= 4 is 28.9 Å². The third-order valence-corrected chi connectivity index (χ3v) is 4.82. The molecule has 0 unspecified atom stereocenters. The van der Waals surface area contributed by atoms with E-state index in [2.05, 4.69) is 22.8 Å². The molecule has 3 rings (SSSR count). The number of hydrogen-bond donors (Lipinski definition) is 2. The van der Waals surface area contributed by atoms with Gasteiger partial charge in [0.1, 0.15) is 0 Å². The summed E-state index contributed by atoms with van der Waals surface area (Å²) in [6, 6.07) is 13.7. The number of anilines is 1. The van der Waals surface area contributed by atoms with Gasteiger partial charge in [0.2, 0.25) is 5.91 Å². The van der Waals surface area contributed by atoms with E-state index in [0.717, 1.165) is 18.4 Å². The number of benzene rings is 2. The summed E-state index contributed by atoms with van der Waals surface area (Å²) >= 11 is 6.05. The van der Waals surface area contributed by atoms with Gasteiger partial charge in [0.15, 0.2) is 0 Å². The lowest BCUT2D eigenvalue weighted by Crippen LogP contribution is -2.41. The molecule has 0 heterocycles. The predicted molar refractivity (Wildman–Crippen MR) is 101 cm³/mol. The maximum atomic E-state index is 12.6. The maximum Gasteiger partial charge on any atom is 0.271 e. The summed E-state index contributed by atoms with van der Waals surface area (Å²) in [5.41, 5.74) is 1.27. The lowest BCUT2D eigenvalue weighted by atomic mass is 10.0. The molecule has 0 bridgehead atoms. The number of nitrogens with one attached hydrogen (secondary N) is 2. The van der Waals surface area contributed by atoms with E-state index in [1.165, 1.54) is 18.2 Å². The molecule has 26 heavy (non-hydrogen) atoms. The van der Waals surface area contributed by atoms with E-state index in [0.29, 0.717) is 5.92 Å². The highest BCUT2D eigenvalue weighted by atomic mass is 35.5. The molecule has 6 nitrogen and oxygen atoms in total. The Labute approximate surface area is 156 Å². The van der Waals surface area contributed by atoms with Crippen LogP contribution in [0.15, 0.2) is 48.5 Å². The number of carbonyl (C=O) groups is 1. The zero-order chi connectivity index (χ0) is 18.7. The van der Waals surface area contributed by atoms with Crippen LogP contribution in [0.25, 0.3) is 0 Å². The molecule has 0 radical (unpaired) electrons. The normalized spacial score (nSPS) is 15.9. The van der Waals surface area contributed by atoms with Crippen molar-refractivity contribution in [3.05, 3.63) is 69.2 Å². The molecule has 0 spiro atoms. The number of nitro benzene ring substituents is 1. The molecule has 2 aromatic rings. The molecule has 1 saturated carbocycles. The van der Waals surface area contributed by atoms with Gasteiger partial charge in [-0.05, 0) is 37.3 Å². The highest BCUT2D eigenvalue weighted by Gasteiger charge is 2.34. The highest BCUT2D eigenvalue weighted by molar-refractivity contribution is 6.33. The molecule has 2 N–H and O–H groups in total. The minimum atomic E-state index is -0.522. The largest absolute Gasteiger partial charge is 0.323 e. The van der Waals surface area contributed by atoms with Gasteiger partial charge in [0.05, 0.1) is 21.7 Å². The van der Waals surface area contributed by atoms with Gasteiger partial charge in [0, 0.05) is 18.2 Å². The van der Waals surface area contributed by atoms with Crippen molar-refractivity contribution in [2.75, 3.05) is 5.32 Å². The second-order valence-corrected chi connectivity index (χ2v) is 6.93. The van der Waals surface area contributed by atoms with Crippen molar-refractivity contribution in [2.24, 2.45) is 5.92 Å². The molecule has 1 fully saturated rings. The Kier molecular flexibility index (Phi) is 5.54. The lowest BCUT2D eigenvalue weighted by molar-refractivity contribution is -0.384. The Morgan fingerprint density at radius 3 is 2.54 bits per heavy atom. The average Bonchev–Trinajstić information content (AvgIpc) is 3.46. The van der Waals surface area contributed by atoms with Gasteiger partial charge in [-0.15, -0.1) is 0 Å². The molecule has 0 aliphatic heterocycles. The van der Waals surface area contributed by atoms with Crippen LogP contribution in [-0.4, -0.2) is 16.9 Å². The monoisotopic (exact) mass is 373 g/mol. The quantitative estimate of drug-likeness (QED) is 0.559. The number of nitrogens with zero attached hydrogens (tertiary/aromatic N) is 1. The van der Waals surface area contributed by atoms with Crippen LogP contribution in [0.2, 0.25) is 5.02 Å². The highest BCUT2D eigenvalue weighted by Crippen LogP contribution is 2.41. The van der Waals surface area contributed by atoms with Gasteiger partial charge in [0.25, 0.3) is 5.69 Å². The third-order valence-electron chi connectivity index (χ3n) is 4.49. The van der Waals surface area contributed by atoms with Gasteiger partial charge in [-0.2, -0.15) is 0 Å². The molecule has 0 aromatic heterocycles. The van der Waals surface area contributed by atoms with E-state index in [9.17, 15) is 14.9 Å². The van der Waals surface area contributed by atoms with Crippen molar-refractivity contribution in [1.82, 2.24) is 5.32 Å². The summed E-state index contributed by atoms with van der Waals surface area (Å²) in [6.45, 7) is 1.78. The predicted octanol–water partition coefficient (Wildman–Crippen LogP) is 4.32. The number of halogens is 1. The van der Waals surface area contributed by atoms with E-state index in [1.807, 2.05) is 18.2 Å². The minimum absolute atomic E-state index is 0.109. The summed E-state index contributed by atoms with van der Waals surface area (Å²) in [7, 11) is 0. The van der Waals surface area contributed by atoms with Crippen LogP contribution in [0.4, 0.5) is 11.4 Å². The Bertz CT molecular complexity index is 809. The van der Waals surface area contributed by atoms with E-state index >= 15 is 0 Å². The second kappa shape index (κ2) is 7.85. The van der Waals surface area contributed by atoms with E-state index < -0.39 is 11.0 Å². The fraction of sp³-hybridized carbons (Fsp3) is 0.316. The van der Waals surface area contributed by atoms with Crippen LogP contribution >= 0.6 is 11.6 Å². The Hall–Kier alpha value is -2.44. The molecule has 7 heteroatoms. The number of hydrogen-bond acceptors (Lipinski definition) is 4. The number of carbonyl (C=O) groups excluding carboxylic acids is 1. The molecule has 1 aliphatic carbocycles. The molecule has 0 saturated heterocycles. The van der Waals surface area contributed by atoms with Gasteiger partial charge in [-0.25, -0.2) is 0 Å². The molecule has 2 atom stereocenters. The molecular weight excluding hydrogens is 354 g/mol. The minimum Gasteiger partial charge on any atom is -0.323 e. The van der Waals surface area contributed by atoms with Crippen molar-refractivity contribution in [2.45, 2.75) is 31.8 Å². The summed E-state index contributed by atoms with van der Waals surface area (Å²) in [5.74, 6) is 0.239. The number of rotatable bonds is 7. The number of amides is 1. The van der Waals surface area contributed by atoms with Crippen LogP contribution < -0.4 is 10.6 Å². The summed E-state index contributed by atoms with van der Waals surface area (Å²) in [6.07, 6.45) is 2.27. The van der Waals surface area contributed by atoms with Crippen molar-refractivity contribution < 1.29 is 9.72 Å². The average molecular weight is 374 g/mol. The van der Waals surface area contributed by atoms with Crippen LogP contribution in [0, 0.1) is 16.0 Å². The zero-order valence-corrected chi connectivity index (χ0v) is 15.1. The standard InChI is InChI=1S/C19H20ClN3O3/c1-12(21-18(14-7-8-14)13-5-3-2-4-6-13)19(24)22-17-11-15(23(25)26)9-10-16(17)20/h2-6,9-12,14,18,21H,7-8H2,1H3,(H,22,24)/t12-,18-/m0/s1. The third kappa shape index (κ3) is 4.39. The topological polar surface area (TPSA) is 84.3 Å². The van der Waals surface area contributed by atoms with Gasteiger partial charge < -0.3 is 5.32 Å². The zero-order valence-electron chi connectivity index (χ0n) is 14.3. The first-order valence-corrected chi connectivity index (χ1v) is 8.89. The number of non-ortho nitro benzene ring substituents is 1. The molecule has 1 amide bonds. The van der Waals surface area contributed by atoms with Crippen LogP contribution in [0.3, 0.4) is 0 Å². The Morgan fingerprint density at radius 2 is 1.92 bits per heavy atom. The van der Waals surface area contributed by atoms with E-state index in [1.54, 1.807) is 6.92 Å². The van der Waals surface area contributed by atoms with E-state index in [4.69, 9.17) is 11.6 Å². The van der Waals surface area contributed by atoms with Gasteiger partial charge in [-0.3, -0.25) is 20.2 Å². The molecule has 136 valence electrons. The van der Waals surface area contributed by atoms with Crippen LogP contribution in [0.1, 0.15) is 31.4 Å². The number of nitro groups is 1. The lowest BCUT2D eigenvalue weighted by Gasteiger charge is -2.23. The van der Waals surface area contributed by atoms with Crippen molar-refractivity contribution in [1.29, 1.82) is 0 Å². The first-order chi connectivity index (χ1) is 12.5. The Morgan fingerprint density at radius 1 is 1.23 bits per heavy atom. The summed E-state index contributed by atoms with van der Waals surface area (Å²) < 4.78 is 0. The fourth-order valence-corrected chi connectivity index (χ4v) is 3.07. The SMILES string of the molecule is C[C@H](N[C@@H](c1ccccc1)C1CC1)C(=O)Nc1cc([N+](=O)[O-])ccc1Cl.